The largest absolute Gasteiger partial charge is 0.308 e. The third kappa shape index (κ3) is 3.34. The van der Waals surface area contributed by atoms with Crippen molar-refractivity contribution in [1.29, 1.82) is 10.5 Å². The molecule has 0 N–H and O–H groups in total. The molecule has 156 valence electrons. The number of thiophene rings is 1. The monoisotopic (exact) mass is 433 g/mol. The predicted octanol–water partition coefficient (Wildman–Crippen LogP) is 7.12. The van der Waals surface area contributed by atoms with Crippen molar-refractivity contribution in [2.75, 3.05) is 0 Å². The second-order valence-corrected chi connectivity index (χ2v) is 9.48. The summed E-state index contributed by atoms with van der Waals surface area (Å²) in [7, 11) is 0. The highest BCUT2D eigenvalue weighted by molar-refractivity contribution is 7.15. The zero-order valence-corrected chi connectivity index (χ0v) is 19.1. The van der Waals surface area contributed by atoms with E-state index < -0.39 is 0 Å². The van der Waals surface area contributed by atoms with Crippen LogP contribution in [0.5, 0.6) is 0 Å². The molecule has 0 saturated heterocycles. The molecule has 5 rings (SSSR count). The van der Waals surface area contributed by atoms with E-state index in [4.69, 9.17) is 0 Å². The maximum Gasteiger partial charge on any atom is 0.118 e. The van der Waals surface area contributed by atoms with Gasteiger partial charge in [-0.15, -0.1) is 11.3 Å². The first-order valence-corrected chi connectivity index (χ1v) is 11.8. The van der Waals surface area contributed by atoms with Gasteiger partial charge in [0.25, 0.3) is 0 Å². The SMILES string of the molecule is Cc1cc(C=C(C#N)c2ccc3ccccc3c2)c(C)n1-c1sc2c(c1C#N)CCCC2. The lowest BCUT2D eigenvalue weighted by Gasteiger charge is -2.10. The summed E-state index contributed by atoms with van der Waals surface area (Å²) >= 11 is 1.76. The van der Waals surface area contributed by atoms with Crippen LogP contribution in [0, 0.1) is 36.5 Å². The van der Waals surface area contributed by atoms with E-state index in [1.807, 2.05) is 24.3 Å². The molecule has 0 bridgehead atoms. The summed E-state index contributed by atoms with van der Waals surface area (Å²) < 4.78 is 2.20. The number of nitrogens with zero attached hydrogens (tertiary/aromatic N) is 3. The molecule has 0 saturated carbocycles. The van der Waals surface area contributed by atoms with Gasteiger partial charge in [-0.2, -0.15) is 10.5 Å². The van der Waals surface area contributed by atoms with Crippen LogP contribution in [0.25, 0.3) is 27.4 Å². The molecule has 2 aromatic carbocycles. The van der Waals surface area contributed by atoms with Crippen LogP contribution in [0.1, 0.15) is 51.4 Å². The predicted molar refractivity (Wildman–Crippen MR) is 132 cm³/mol. The van der Waals surface area contributed by atoms with Crippen LogP contribution in [-0.4, -0.2) is 4.57 Å². The van der Waals surface area contributed by atoms with Gasteiger partial charge in [-0.05, 0) is 85.2 Å². The molecule has 0 atom stereocenters. The van der Waals surface area contributed by atoms with Crippen LogP contribution in [0.3, 0.4) is 0 Å². The zero-order chi connectivity index (χ0) is 22.2. The second kappa shape index (κ2) is 8.15. The molecule has 2 heterocycles. The average Bonchev–Trinajstić information content (AvgIpc) is 3.32. The van der Waals surface area contributed by atoms with E-state index in [0.29, 0.717) is 5.57 Å². The molecule has 2 aromatic heterocycles. The minimum Gasteiger partial charge on any atom is -0.308 e. The minimum atomic E-state index is 0.641. The summed E-state index contributed by atoms with van der Waals surface area (Å²) in [5.74, 6) is 0. The van der Waals surface area contributed by atoms with Crippen molar-refractivity contribution in [3.63, 3.8) is 0 Å². The van der Waals surface area contributed by atoms with Crippen molar-refractivity contribution in [2.45, 2.75) is 39.5 Å². The number of nitriles is 2. The number of fused-ring (bicyclic) bond motifs is 2. The molecule has 0 radical (unpaired) electrons. The first-order valence-electron chi connectivity index (χ1n) is 11.0. The van der Waals surface area contributed by atoms with E-state index in [1.165, 1.54) is 16.9 Å². The summed E-state index contributed by atoms with van der Waals surface area (Å²) in [6, 6.07) is 21.3. The van der Waals surface area contributed by atoms with Crippen molar-refractivity contribution < 1.29 is 0 Å². The maximum absolute atomic E-state index is 9.92. The molecule has 0 unspecified atom stereocenters. The molecule has 0 fully saturated rings. The van der Waals surface area contributed by atoms with Crippen LogP contribution in [-0.2, 0) is 12.8 Å². The highest BCUT2D eigenvalue weighted by Crippen LogP contribution is 2.38. The zero-order valence-electron chi connectivity index (χ0n) is 18.3. The van der Waals surface area contributed by atoms with Crippen LogP contribution in [0.2, 0.25) is 0 Å². The van der Waals surface area contributed by atoms with Crippen molar-refractivity contribution in [1.82, 2.24) is 4.57 Å². The maximum atomic E-state index is 9.92. The van der Waals surface area contributed by atoms with Gasteiger partial charge in [0.2, 0.25) is 0 Å². The summed E-state index contributed by atoms with van der Waals surface area (Å²) in [5, 5.41) is 23.2. The van der Waals surface area contributed by atoms with Crippen LogP contribution in [0.15, 0.2) is 48.5 Å². The number of allylic oxidation sites excluding steroid dienone is 1. The number of hydrogen-bond acceptors (Lipinski definition) is 3. The molecule has 32 heavy (non-hydrogen) atoms. The Labute approximate surface area is 192 Å². The van der Waals surface area contributed by atoms with Crippen LogP contribution < -0.4 is 0 Å². The van der Waals surface area contributed by atoms with E-state index in [-0.39, 0.29) is 0 Å². The molecule has 4 heteroatoms. The Kier molecular flexibility index (Phi) is 5.17. The number of hydrogen-bond donors (Lipinski definition) is 0. The Bertz CT molecular complexity index is 1470. The third-order valence-corrected chi connectivity index (χ3v) is 7.70. The molecule has 0 aliphatic heterocycles. The third-order valence-electron chi connectivity index (χ3n) is 6.42. The van der Waals surface area contributed by atoms with Gasteiger partial charge in [0.1, 0.15) is 11.1 Å². The topological polar surface area (TPSA) is 52.5 Å². The smallest absolute Gasteiger partial charge is 0.118 e. The van der Waals surface area contributed by atoms with Crippen molar-refractivity contribution in [3.05, 3.63) is 87.0 Å². The van der Waals surface area contributed by atoms with Crippen molar-refractivity contribution in [3.8, 4) is 17.1 Å². The molecule has 3 nitrogen and oxygen atoms in total. The van der Waals surface area contributed by atoms with Gasteiger partial charge >= 0.3 is 0 Å². The van der Waals surface area contributed by atoms with Crippen molar-refractivity contribution in [2.24, 2.45) is 0 Å². The summed E-state index contributed by atoms with van der Waals surface area (Å²) in [5.41, 5.74) is 6.80. The number of benzene rings is 2. The Hall–Kier alpha value is -3.60. The van der Waals surface area contributed by atoms with E-state index in [2.05, 4.69) is 60.9 Å². The lowest BCUT2D eigenvalue weighted by molar-refractivity contribution is 0.695. The minimum absolute atomic E-state index is 0.641. The number of rotatable bonds is 3. The van der Waals surface area contributed by atoms with Gasteiger partial charge in [-0.25, -0.2) is 0 Å². The fraction of sp³-hybridized carbons (Fsp3) is 0.214. The molecular weight excluding hydrogens is 410 g/mol. The molecule has 1 aliphatic rings. The fourth-order valence-corrected chi connectivity index (χ4v) is 6.21. The van der Waals surface area contributed by atoms with E-state index in [1.54, 1.807) is 11.3 Å². The second-order valence-electron chi connectivity index (χ2n) is 8.40. The number of aryl methyl sites for hydroxylation is 2. The quantitative estimate of drug-likeness (QED) is 0.323. The highest BCUT2D eigenvalue weighted by Gasteiger charge is 2.23. The van der Waals surface area contributed by atoms with Crippen LogP contribution in [0.4, 0.5) is 0 Å². The normalized spacial score (nSPS) is 13.6. The van der Waals surface area contributed by atoms with Gasteiger partial charge in [-0.3, -0.25) is 0 Å². The Morgan fingerprint density at radius 3 is 2.56 bits per heavy atom. The first kappa shape index (κ1) is 20.3. The van der Waals surface area contributed by atoms with E-state index >= 15 is 0 Å². The molecule has 4 aromatic rings. The Balaban J connectivity index is 1.61. The van der Waals surface area contributed by atoms with Gasteiger partial charge in [0.05, 0.1) is 17.2 Å². The van der Waals surface area contributed by atoms with Gasteiger partial charge < -0.3 is 4.57 Å². The molecule has 0 amide bonds. The Morgan fingerprint density at radius 2 is 1.78 bits per heavy atom. The summed E-state index contributed by atoms with van der Waals surface area (Å²) in [6.45, 7) is 4.15. The van der Waals surface area contributed by atoms with Gasteiger partial charge in [0.15, 0.2) is 0 Å². The first-order chi connectivity index (χ1) is 15.6. The molecule has 0 spiro atoms. The van der Waals surface area contributed by atoms with E-state index in [9.17, 15) is 10.5 Å². The number of aromatic nitrogens is 1. The molecular formula is C28H23N3S. The van der Waals surface area contributed by atoms with Crippen LogP contribution >= 0.6 is 11.3 Å². The highest BCUT2D eigenvalue weighted by atomic mass is 32.1. The van der Waals surface area contributed by atoms with Gasteiger partial charge in [-0.1, -0.05) is 36.4 Å². The lowest BCUT2D eigenvalue weighted by Crippen LogP contribution is -2.02. The Morgan fingerprint density at radius 1 is 1.00 bits per heavy atom. The van der Waals surface area contributed by atoms with Gasteiger partial charge in [0, 0.05) is 16.3 Å². The van der Waals surface area contributed by atoms with E-state index in [0.717, 1.165) is 63.1 Å². The fourth-order valence-electron chi connectivity index (χ4n) is 4.76. The average molecular weight is 434 g/mol. The lowest BCUT2D eigenvalue weighted by atomic mass is 9.96. The van der Waals surface area contributed by atoms with Crippen molar-refractivity contribution >= 4 is 33.8 Å². The summed E-state index contributed by atoms with van der Waals surface area (Å²) in [6.07, 6.45) is 6.41. The molecule has 1 aliphatic carbocycles. The summed E-state index contributed by atoms with van der Waals surface area (Å²) in [4.78, 5) is 1.36. The standard InChI is InChI=1S/C28H23N3S/c1-18-13-23(15-24(16-29)22-12-11-20-7-3-4-8-21(20)14-22)19(2)31(18)28-26(17-30)25-9-5-6-10-27(25)32-28/h3-4,7-8,11-15H,5-6,9-10H2,1-2H3.